The van der Waals surface area contributed by atoms with Crippen LogP contribution in [0.15, 0.2) is 18.2 Å². The monoisotopic (exact) mass is 298 g/mol. The number of methoxy groups -OCH3 is 1. The van der Waals surface area contributed by atoms with E-state index in [1.165, 1.54) is 18.6 Å². The Morgan fingerprint density at radius 2 is 2.00 bits per heavy atom. The highest BCUT2D eigenvalue weighted by Gasteiger charge is 2.22. The zero-order valence-corrected chi connectivity index (χ0v) is 12.6. The normalized spacial score (nSPS) is 19.9. The van der Waals surface area contributed by atoms with Crippen LogP contribution in [0.1, 0.15) is 24.8 Å². The van der Waals surface area contributed by atoms with Crippen LogP contribution in [-0.4, -0.2) is 44.3 Å². The highest BCUT2D eigenvalue weighted by Crippen LogP contribution is 2.20. The maximum atomic E-state index is 13.3. The lowest BCUT2D eigenvalue weighted by atomic mass is 10.0. The molecule has 5 heteroatoms. The van der Waals surface area contributed by atoms with Crippen LogP contribution in [0.3, 0.4) is 0 Å². The predicted octanol–water partition coefficient (Wildman–Crippen LogP) is 2.56. The Bertz CT molecular complexity index is 422. The average Bonchev–Trinajstić information content (AvgIpc) is 2.44. The summed E-state index contributed by atoms with van der Waals surface area (Å²) in [5, 5.41) is 3.38. The second kappa shape index (κ2) is 8.41. The largest absolute Gasteiger partial charge is 0.383 e. The molecule has 1 aromatic rings. The molecule has 0 spiro atoms. The van der Waals surface area contributed by atoms with Crippen molar-refractivity contribution in [1.29, 1.82) is 0 Å². The Balaban J connectivity index is 1.91. The number of nitrogens with zero attached hydrogens (tertiary/aromatic N) is 1. The van der Waals surface area contributed by atoms with Gasteiger partial charge in [-0.2, -0.15) is 0 Å². The lowest BCUT2D eigenvalue weighted by molar-refractivity contribution is 0.133. The van der Waals surface area contributed by atoms with Crippen molar-refractivity contribution in [2.75, 3.05) is 33.4 Å². The predicted molar refractivity (Wildman–Crippen MR) is 79.2 cm³/mol. The summed E-state index contributed by atoms with van der Waals surface area (Å²) >= 11 is 0. The summed E-state index contributed by atoms with van der Waals surface area (Å²) in [5.74, 6) is -1.01. The van der Waals surface area contributed by atoms with Crippen LogP contribution < -0.4 is 5.32 Å². The minimum absolute atomic E-state index is 0.418. The number of nitrogens with one attached hydrogen (secondary N) is 1. The molecule has 1 aromatic carbocycles. The molecule has 1 unspecified atom stereocenters. The molecule has 1 heterocycles. The molecule has 1 saturated heterocycles. The van der Waals surface area contributed by atoms with E-state index in [9.17, 15) is 8.78 Å². The van der Waals surface area contributed by atoms with Crippen molar-refractivity contribution in [2.45, 2.75) is 31.8 Å². The molecule has 21 heavy (non-hydrogen) atoms. The van der Waals surface area contributed by atoms with Crippen LogP contribution in [0.4, 0.5) is 8.78 Å². The van der Waals surface area contributed by atoms with Gasteiger partial charge in [-0.1, -0.05) is 6.42 Å². The molecule has 1 aliphatic heterocycles. The van der Waals surface area contributed by atoms with Crippen LogP contribution in [0.5, 0.6) is 0 Å². The van der Waals surface area contributed by atoms with Crippen molar-refractivity contribution < 1.29 is 13.5 Å². The molecule has 1 aliphatic rings. The molecular formula is C16H24F2N2O. The summed E-state index contributed by atoms with van der Waals surface area (Å²) in [6, 6.07) is 4.19. The van der Waals surface area contributed by atoms with E-state index in [1.54, 1.807) is 7.11 Å². The number of hydrogen-bond acceptors (Lipinski definition) is 3. The summed E-state index contributed by atoms with van der Waals surface area (Å²) < 4.78 is 31.6. The summed E-state index contributed by atoms with van der Waals surface area (Å²) in [5.41, 5.74) is 0.705. The first kappa shape index (κ1) is 16.3. The minimum Gasteiger partial charge on any atom is -0.383 e. The third kappa shape index (κ3) is 5.34. The Kier molecular flexibility index (Phi) is 6.54. The van der Waals surface area contributed by atoms with Crippen molar-refractivity contribution in [3.8, 4) is 0 Å². The fourth-order valence-corrected chi connectivity index (χ4v) is 2.88. The lowest BCUT2D eigenvalue weighted by Gasteiger charge is -2.36. The van der Waals surface area contributed by atoms with E-state index in [4.69, 9.17) is 4.74 Å². The number of benzene rings is 1. The van der Waals surface area contributed by atoms with E-state index in [-0.39, 0.29) is 0 Å². The van der Waals surface area contributed by atoms with Crippen molar-refractivity contribution in [1.82, 2.24) is 10.2 Å². The SMILES string of the molecule is COCCNCC1CCCCN1Cc1cc(F)cc(F)c1. The van der Waals surface area contributed by atoms with Gasteiger partial charge in [0.15, 0.2) is 0 Å². The Morgan fingerprint density at radius 1 is 1.24 bits per heavy atom. The zero-order chi connectivity index (χ0) is 15.1. The summed E-state index contributed by atoms with van der Waals surface area (Å²) in [6.07, 6.45) is 3.48. The molecule has 0 bridgehead atoms. The third-order valence-electron chi connectivity index (χ3n) is 3.92. The van der Waals surface area contributed by atoms with Gasteiger partial charge in [-0.25, -0.2) is 8.78 Å². The van der Waals surface area contributed by atoms with Gasteiger partial charge in [-0.15, -0.1) is 0 Å². The van der Waals surface area contributed by atoms with Crippen LogP contribution in [0.2, 0.25) is 0 Å². The molecule has 1 fully saturated rings. The molecule has 0 amide bonds. The average molecular weight is 298 g/mol. The first-order chi connectivity index (χ1) is 10.2. The first-order valence-corrected chi connectivity index (χ1v) is 7.57. The number of hydrogen-bond donors (Lipinski definition) is 1. The molecule has 0 saturated carbocycles. The molecule has 118 valence electrons. The van der Waals surface area contributed by atoms with Crippen molar-refractivity contribution in [2.24, 2.45) is 0 Å². The highest BCUT2D eigenvalue weighted by molar-refractivity contribution is 5.18. The van der Waals surface area contributed by atoms with Gasteiger partial charge in [0.1, 0.15) is 11.6 Å². The Morgan fingerprint density at radius 3 is 2.71 bits per heavy atom. The van der Waals surface area contributed by atoms with Gasteiger partial charge in [-0.05, 0) is 37.1 Å². The zero-order valence-electron chi connectivity index (χ0n) is 12.6. The summed E-state index contributed by atoms with van der Waals surface area (Å²) in [6.45, 7) is 4.00. The molecule has 2 rings (SSSR count). The number of piperidine rings is 1. The van der Waals surface area contributed by atoms with Gasteiger partial charge in [0.2, 0.25) is 0 Å². The molecule has 0 aromatic heterocycles. The van der Waals surface area contributed by atoms with Crippen LogP contribution in [0.25, 0.3) is 0 Å². The Hall–Kier alpha value is -1.04. The fraction of sp³-hybridized carbons (Fsp3) is 0.625. The molecule has 1 atom stereocenters. The summed E-state index contributed by atoms with van der Waals surface area (Å²) in [7, 11) is 1.69. The van der Waals surface area contributed by atoms with E-state index < -0.39 is 11.6 Å². The molecule has 3 nitrogen and oxygen atoms in total. The number of ether oxygens (including phenoxy) is 1. The molecular weight excluding hydrogens is 274 g/mol. The van der Waals surface area contributed by atoms with E-state index in [0.717, 1.165) is 38.5 Å². The van der Waals surface area contributed by atoms with E-state index in [0.29, 0.717) is 24.8 Å². The van der Waals surface area contributed by atoms with Gasteiger partial charge < -0.3 is 10.1 Å². The van der Waals surface area contributed by atoms with Crippen molar-refractivity contribution >= 4 is 0 Å². The number of likely N-dealkylation sites (tertiary alicyclic amines) is 1. The highest BCUT2D eigenvalue weighted by atomic mass is 19.1. The van der Waals surface area contributed by atoms with Crippen LogP contribution in [0, 0.1) is 11.6 Å². The van der Waals surface area contributed by atoms with E-state index in [1.807, 2.05) is 0 Å². The second-order valence-corrected chi connectivity index (χ2v) is 5.59. The maximum absolute atomic E-state index is 13.3. The quantitative estimate of drug-likeness (QED) is 0.783. The molecule has 1 N–H and O–H groups in total. The first-order valence-electron chi connectivity index (χ1n) is 7.57. The maximum Gasteiger partial charge on any atom is 0.126 e. The van der Waals surface area contributed by atoms with Gasteiger partial charge in [0.05, 0.1) is 6.61 Å². The van der Waals surface area contributed by atoms with Gasteiger partial charge in [0, 0.05) is 38.9 Å². The number of halogens is 2. The standard InChI is InChI=1S/C16H24F2N2O/c1-21-7-5-19-11-16-4-2-3-6-20(16)12-13-8-14(17)10-15(18)9-13/h8-10,16,19H,2-7,11-12H2,1H3. The number of rotatable bonds is 7. The third-order valence-corrected chi connectivity index (χ3v) is 3.92. The minimum atomic E-state index is -0.503. The van der Waals surface area contributed by atoms with Gasteiger partial charge in [0.25, 0.3) is 0 Å². The van der Waals surface area contributed by atoms with E-state index >= 15 is 0 Å². The van der Waals surface area contributed by atoms with Crippen LogP contribution >= 0.6 is 0 Å². The topological polar surface area (TPSA) is 24.5 Å². The molecule has 0 radical (unpaired) electrons. The fourth-order valence-electron chi connectivity index (χ4n) is 2.88. The van der Waals surface area contributed by atoms with Gasteiger partial charge >= 0.3 is 0 Å². The Labute approximate surface area is 125 Å². The summed E-state index contributed by atoms with van der Waals surface area (Å²) in [4.78, 5) is 2.32. The smallest absolute Gasteiger partial charge is 0.126 e. The van der Waals surface area contributed by atoms with Crippen LogP contribution in [-0.2, 0) is 11.3 Å². The van der Waals surface area contributed by atoms with E-state index in [2.05, 4.69) is 10.2 Å². The lowest BCUT2D eigenvalue weighted by Crippen LogP contribution is -2.45. The second-order valence-electron chi connectivity index (χ2n) is 5.59. The van der Waals surface area contributed by atoms with Crippen molar-refractivity contribution in [3.05, 3.63) is 35.4 Å². The van der Waals surface area contributed by atoms with Gasteiger partial charge in [-0.3, -0.25) is 4.90 Å². The van der Waals surface area contributed by atoms with Crippen molar-refractivity contribution in [3.63, 3.8) is 0 Å². The molecule has 0 aliphatic carbocycles.